The average molecular weight is 256 g/mol. The predicted octanol–water partition coefficient (Wildman–Crippen LogP) is 1.54. The molecule has 1 amide bonds. The van der Waals surface area contributed by atoms with Crippen LogP contribution in [0.4, 0.5) is 0 Å². The Kier molecular flexibility index (Phi) is 6.65. The quantitative estimate of drug-likeness (QED) is 0.726. The molecule has 0 aliphatic carbocycles. The van der Waals surface area contributed by atoms with Crippen molar-refractivity contribution < 1.29 is 9.53 Å². The van der Waals surface area contributed by atoms with Gasteiger partial charge in [-0.15, -0.1) is 0 Å². The van der Waals surface area contributed by atoms with Gasteiger partial charge in [0.1, 0.15) is 0 Å². The van der Waals surface area contributed by atoms with Crippen molar-refractivity contribution in [2.24, 2.45) is 23.5 Å². The predicted molar refractivity (Wildman–Crippen MR) is 73.1 cm³/mol. The Hall–Kier alpha value is -0.610. The van der Waals surface area contributed by atoms with Crippen LogP contribution >= 0.6 is 0 Å². The number of hydrogen-bond acceptors (Lipinski definition) is 3. The summed E-state index contributed by atoms with van der Waals surface area (Å²) >= 11 is 0. The molecule has 0 aromatic heterocycles. The first kappa shape index (κ1) is 15.4. The molecule has 0 bridgehead atoms. The third-order valence-electron chi connectivity index (χ3n) is 3.71. The van der Waals surface area contributed by atoms with Gasteiger partial charge in [-0.3, -0.25) is 4.79 Å². The number of carbonyl (C=O) groups is 1. The van der Waals surface area contributed by atoms with Crippen molar-refractivity contribution in [2.75, 3.05) is 19.7 Å². The zero-order valence-corrected chi connectivity index (χ0v) is 11.9. The highest BCUT2D eigenvalue weighted by atomic mass is 16.5. The normalized spacial score (nSPS) is 25.4. The van der Waals surface area contributed by atoms with Gasteiger partial charge in [-0.1, -0.05) is 13.8 Å². The zero-order chi connectivity index (χ0) is 13.5. The second-order valence-corrected chi connectivity index (χ2v) is 5.86. The van der Waals surface area contributed by atoms with Crippen LogP contribution in [0.25, 0.3) is 0 Å². The molecule has 0 aromatic rings. The van der Waals surface area contributed by atoms with E-state index in [4.69, 9.17) is 10.5 Å². The Morgan fingerprint density at radius 2 is 2.22 bits per heavy atom. The van der Waals surface area contributed by atoms with Gasteiger partial charge in [0.15, 0.2) is 0 Å². The molecule has 0 spiro atoms. The first-order chi connectivity index (χ1) is 8.52. The number of nitrogens with two attached hydrogens (primary N) is 1. The van der Waals surface area contributed by atoms with E-state index >= 15 is 0 Å². The molecular formula is C14H28N2O2. The van der Waals surface area contributed by atoms with Crippen LogP contribution in [0, 0.1) is 17.8 Å². The molecule has 0 radical (unpaired) electrons. The van der Waals surface area contributed by atoms with Crippen LogP contribution in [0.3, 0.4) is 0 Å². The van der Waals surface area contributed by atoms with Crippen LogP contribution in [0.2, 0.25) is 0 Å². The standard InChI is InChI=1S/C14H28N2O2/c1-10(2)6-12(8-15)7-14(17)16-9-13-4-5-18-11(13)3/h10-13H,4-9,15H2,1-3H3,(H,16,17). The molecule has 3 atom stereocenters. The van der Waals surface area contributed by atoms with Crippen molar-refractivity contribution in [3.63, 3.8) is 0 Å². The molecule has 18 heavy (non-hydrogen) atoms. The smallest absolute Gasteiger partial charge is 0.220 e. The summed E-state index contributed by atoms with van der Waals surface area (Å²) in [5.74, 6) is 1.50. The highest BCUT2D eigenvalue weighted by Gasteiger charge is 2.24. The highest BCUT2D eigenvalue weighted by Crippen LogP contribution is 2.19. The molecule has 1 aliphatic rings. The van der Waals surface area contributed by atoms with Gasteiger partial charge in [0.05, 0.1) is 6.10 Å². The number of carbonyl (C=O) groups excluding carboxylic acids is 1. The fraction of sp³-hybridized carbons (Fsp3) is 0.929. The second kappa shape index (κ2) is 7.74. The molecule has 4 heteroatoms. The summed E-state index contributed by atoms with van der Waals surface area (Å²) in [7, 11) is 0. The number of amides is 1. The molecule has 1 aliphatic heterocycles. The fourth-order valence-corrected chi connectivity index (χ4v) is 2.55. The van der Waals surface area contributed by atoms with E-state index in [0.29, 0.717) is 30.7 Å². The average Bonchev–Trinajstić information content (AvgIpc) is 2.70. The number of rotatable bonds is 7. The van der Waals surface area contributed by atoms with Crippen LogP contribution in [0.15, 0.2) is 0 Å². The molecule has 0 aromatic carbocycles. The molecular weight excluding hydrogens is 228 g/mol. The Morgan fingerprint density at radius 3 is 2.72 bits per heavy atom. The Labute approximate surface area is 111 Å². The summed E-state index contributed by atoms with van der Waals surface area (Å²) in [5, 5.41) is 3.02. The monoisotopic (exact) mass is 256 g/mol. The highest BCUT2D eigenvalue weighted by molar-refractivity contribution is 5.76. The van der Waals surface area contributed by atoms with Crippen LogP contribution in [-0.2, 0) is 9.53 Å². The van der Waals surface area contributed by atoms with Crippen LogP contribution in [0.1, 0.15) is 40.0 Å². The van der Waals surface area contributed by atoms with Crippen molar-refractivity contribution in [2.45, 2.75) is 46.1 Å². The van der Waals surface area contributed by atoms with Crippen LogP contribution < -0.4 is 11.1 Å². The maximum Gasteiger partial charge on any atom is 0.220 e. The minimum atomic E-state index is 0.130. The van der Waals surface area contributed by atoms with Gasteiger partial charge in [-0.2, -0.15) is 0 Å². The molecule has 3 unspecified atom stereocenters. The molecule has 1 saturated heterocycles. The van der Waals surface area contributed by atoms with Crippen molar-refractivity contribution in [1.29, 1.82) is 0 Å². The molecule has 1 heterocycles. The molecule has 0 saturated carbocycles. The fourth-order valence-electron chi connectivity index (χ4n) is 2.55. The van der Waals surface area contributed by atoms with Gasteiger partial charge >= 0.3 is 0 Å². The van der Waals surface area contributed by atoms with E-state index in [9.17, 15) is 4.79 Å². The van der Waals surface area contributed by atoms with Gasteiger partial charge in [0.2, 0.25) is 5.91 Å². The van der Waals surface area contributed by atoms with E-state index in [1.165, 1.54) is 0 Å². The molecule has 1 fully saturated rings. The summed E-state index contributed by atoms with van der Waals surface area (Å²) in [6.07, 6.45) is 2.89. The molecule has 4 nitrogen and oxygen atoms in total. The number of hydrogen-bond donors (Lipinski definition) is 2. The summed E-state index contributed by atoms with van der Waals surface area (Å²) < 4.78 is 5.48. The first-order valence-electron chi connectivity index (χ1n) is 7.11. The molecule has 106 valence electrons. The summed E-state index contributed by atoms with van der Waals surface area (Å²) in [6, 6.07) is 0. The van der Waals surface area contributed by atoms with Gasteiger partial charge in [0, 0.05) is 25.5 Å². The van der Waals surface area contributed by atoms with Crippen molar-refractivity contribution in [3.8, 4) is 0 Å². The Morgan fingerprint density at radius 1 is 1.50 bits per heavy atom. The SMILES string of the molecule is CC(C)CC(CN)CC(=O)NCC1CCOC1C. The van der Waals surface area contributed by atoms with Crippen molar-refractivity contribution >= 4 is 5.91 Å². The zero-order valence-electron chi connectivity index (χ0n) is 11.9. The molecule has 3 N–H and O–H groups in total. The lowest BCUT2D eigenvalue weighted by molar-refractivity contribution is -0.122. The van der Waals surface area contributed by atoms with Crippen LogP contribution in [0.5, 0.6) is 0 Å². The third-order valence-corrected chi connectivity index (χ3v) is 3.71. The maximum atomic E-state index is 11.8. The minimum Gasteiger partial charge on any atom is -0.378 e. The maximum absolute atomic E-state index is 11.8. The lowest BCUT2D eigenvalue weighted by atomic mass is 9.94. The van der Waals surface area contributed by atoms with E-state index in [1.54, 1.807) is 0 Å². The topological polar surface area (TPSA) is 64.4 Å². The van der Waals surface area contributed by atoms with Crippen LogP contribution in [-0.4, -0.2) is 31.7 Å². The largest absolute Gasteiger partial charge is 0.378 e. The lowest BCUT2D eigenvalue weighted by Gasteiger charge is -2.18. The number of ether oxygens (including phenoxy) is 1. The van der Waals surface area contributed by atoms with Gasteiger partial charge in [-0.05, 0) is 38.1 Å². The minimum absolute atomic E-state index is 0.130. The van der Waals surface area contributed by atoms with E-state index in [1.807, 2.05) is 0 Å². The van der Waals surface area contributed by atoms with Gasteiger partial charge < -0.3 is 15.8 Å². The van der Waals surface area contributed by atoms with Gasteiger partial charge in [-0.25, -0.2) is 0 Å². The third kappa shape index (κ3) is 5.36. The lowest BCUT2D eigenvalue weighted by Crippen LogP contribution is -2.34. The summed E-state index contributed by atoms with van der Waals surface area (Å²) in [4.78, 5) is 11.8. The first-order valence-corrected chi connectivity index (χ1v) is 7.11. The Balaban J connectivity index is 2.23. The summed E-state index contributed by atoms with van der Waals surface area (Å²) in [5.41, 5.74) is 5.71. The Bertz CT molecular complexity index is 256. The van der Waals surface area contributed by atoms with E-state index in [-0.39, 0.29) is 12.0 Å². The molecule has 1 rings (SSSR count). The van der Waals surface area contributed by atoms with Crippen molar-refractivity contribution in [3.05, 3.63) is 0 Å². The summed E-state index contributed by atoms with van der Waals surface area (Å²) in [6.45, 7) is 8.55. The number of nitrogens with one attached hydrogen (secondary N) is 1. The van der Waals surface area contributed by atoms with E-state index in [0.717, 1.165) is 26.0 Å². The van der Waals surface area contributed by atoms with E-state index in [2.05, 4.69) is 26.1 Å². The van der Waals surface area contributed by atoms with Gasteiger partial charge in [0.25, 0.3) is 0 Å². The second-order valence-electron chi connectivity index (χ2n) is 5.86. The van der Waals surface area contributed by atoms with Crippen molar-refractivity contribution in [1.82, 2.24) is 5.32 Å². The van der Waals surface area contributed by atoms with E-state index < -0.39 is 0 Å².